The summed E-state index contributed by atoms with van der Waals surface area (Å²) in [6.45, 7) is 4.00. The van der Waals surface area contributed by atoms with E-state index in [1.165, 1.54) is 23.1 Å². The maximum absolute atomic E-state index is 5.63. The van der Waals surface area contributed by atoms with Gasteiger partial charge in [0.1, 0.15) is 5.65 Å². The number of aromatic amines is 1. The van der Waals surface area contributed by atoms with Crippen molar-refractivity contribution in [3.05, 3.63) is 24.0 Å². The molecule has 88 valence electrons. The first-order chi connectivity index (χ1) is 8.31. The normalized spacial score (nSPS) is 27.2. The van der Waals surface area contributed by atoms with E-state index in [1.807, 2.05) is 12.4 Å². The zero-order valence-corrected chi connectivity index (χ0v) is 9.81. The van der Waals surface area contributed by atoms with Gasteiger partial charge in [0, 0.05) is 18.1 Å². The SMILES string of the molecule is Cc1c[nH]c2ncc(N3CC4CC3CO4)cc12. The number of hydrogen-bond donors (Lipinski definition) is 1. The van der Waals surface area contributed by atoms with E-state index in [4.69, 9.17) is 4.74 Å². The molecule has 2 unspecified atom stereocenters. The van der Waals surface area contributed by atoms with Crippen LogP contribution >= 0.6 is 0 Å². The highest BCUT2D eigenvalue weighted by Gasteiger charge is 2.39. The third-order valence-electron chi connectivity index (χ3n) is 3.96. The lowest BCUT2D eigenvalue weighted by Crippen LogP contribution is -2.36. The first-order valence-corrected chi connectivity index (χ1v) is 6.13. The highest BCUT2D eigenvalue weighted by molar-refractivity contribution is 5.82. The Kier molecular flexibility index (Phi) is 1.80. The standard InChI is InChI=1S/C13H15N3O/c1-8-4-14-13-12(8)3-9(5-15-13)16-6-11-2-10(16)7-17-11/h3-5,10-11H,2,6-7H2,1H3,(H,14,15). The quantitative estimate of drug-likeness (QED) is 0.811. The van der Waals surface area contributed by atoms with Crippen LogP contribution in [0.25, 0.3) is 11.0 Å². The average molecular weight is 229 g/mol. The number of nitrogens with zero attached hydrogens (tertiary/aromatic N) is 2. The van der Waals surface area contributed by atoms with Gasteiger partial charge in [0.15, 0.2) is 0 Å². The molecule has 0 radical (unpaired) electrons. The summed E-state index contributed by atoms with van der Waals surface area (Å²) in [6.07, 6.45) is 5.59. The molecule has 0 aliphatic carbocycles. The summed E-state index contributed by atoms with van der Waals surface area (Å²) in [5.41, 5.74) is 3.47. The van der Waals surface area contributed by atoms with Crippen LogP contribution in [0.4, 0.5) is 5.69 Å². The third-order valence-corrected chi connectivity index (χ3v) is 3.96. The smallest absolute Gasteiger partial charge is 0.137 e. The second-order valence-corrected chi connectivity index (χ2v) is 5.06. The van der Waals surface area contributed by atoms with E-state index >= 15 is 0 Å². The summed E-state index contributed by atoms with van der Waals surface area (Å²) < 4.78 is 5.63. The molecule has 4 heterocycles. The first-order valence-electron chi connectivity index (χ1n) is 6.13. The molecule has 2 aliphatic heterocycles. The van der Waals surface area contributed by atoms with Gasteiger partial charge in [-0.3, -0.25) is 0 Å². The number of aromatic nitrogens is 2. The summed E-state index contributed by atoms with van der Waals surface area (Å²) >= 11 is 0. The number of H-pyrrole nitrogens is 1. The number of morpholine rings is 1. The molecule has 2 aromatic rings. The van der Waals surface area contributed by atoms with Crippen LogP contribution in [-0.4, -0.2) is 35.3 Å². The van der Waals surface area contributed by atoms with Crippen molar-refractivity contribution in [2.75, 3.05) is 18.1 Å². The van der Waals surface area contributed by atoms with Crippen LogP contribution in [0, 0.1) is 6.92 Å². The van der Waals surface area contributed by atoms with E-state index in [9.17, 15) is 0 Å². The Morgan fingerprint density at radius 3 is 3.24 bits per heavy atom. The topological polar surface area (TPSA) is 41.2 Å². The summed E-state index contributed by atoms with van der Waals surface area (Å²) in [5, 5.41) is 1.23. The van der Waals surface area contributed by atoms with Gasteiger partial charge in [0.2, 0.25) is 0 Å². The minimum absolute atomic E-state index is 0.433. The van der Waals surface area contributed by atoms with Gasteiger partial charge in [-0.1, -0.05) is 0 Å². The summed E-state index contributed by atoms with van der Waals surface area (Å²) in [5.74, 6) is 0. The molecule has 0 amide bonds. The summed E-state index contributed by atoms with van der Waals surface area (Å²) in [4.78, 5) is 10.1. The van der Waals surface area contributed by atoms with Crippen molar-refractivity contribution in [1.29, 1.82) is 0 Å². The molecule has 4 rings (SSSR count). The van der Waals surface area contributed by atoms with E-state index in [-0.39, 0.29) is 0 Å². The molecule has 2 bridgehead atoms. The molecular formula is C13H15N3O. The van der Waals surface area contributed by atoms with Gasteiger partial charge >= 0.3 is 0 Å². The van der Waals surface area contributed by atoms with Gasteiger partial charge in [0.05, 0.1) is 30.6 Å². The van der Waals surface area contributed by atoms with Crippen molar-refractivity contribution in [2.45, 2.75) is 25.5 Å². The number of rotatable bonds is 1. The lowest BCUT2D eigenvalue weighted by molar-refractivity contribution is 0.0991. The molecule has 0 spiro atoms. The van der Waals surface area contributed by atoms with E-state index in [2.05, 4.69) is 27.9 Å². The predicted molar refractivity (Wildman–Crippen MR) is 66.3 cm³/mol. The van der Waals surface area contributed by atoms with Crippen LogP contribution in [-0.2, 0) is 4.74 Å². The number of pyridine rings is 1. The second-order valence-electron chi connectivity index (χ2n) is 5.06. The average Bonchev–Trinajstić information content (AvgIpc) is 3.04. The van der Waals surface area contributed by atoms with Crippen LogP contribution in [0.5, 0.6) is 0 Å². The van der Waals surface area contributed by atoms with Gasteiger partial charge in [-0.2, -0.15) is 0 Å². The molecule has 4 nitrogen and oxygen atoms in total. The molecule has 2 saturated heterocycles. The molecule has 17 heavy (non-hydrogen) atoms. The highest BCUT2D eigenvalue weighted by Crippen LogP contribution is 2.33. The summed E-state index contributed by atoms with van der Waals surface area (Å²) in [6, 6.07) is 2.80. The Hall–Kier alpha value is -1.55. The fraction of sp³-hybridized carbons (Fsp3) is 0.462. The molecule has 4 heteroatoms. The van der Waals surface area contributed by atoms with Gasteiger partial charge in [-0.05, 0) is 25.0 Å². The Morgan fingerprint density at radius 2 is 2.47 bits per heavy atom. The number of anilines is 1. The van der Waals surface area contributed by atoms with Gasteiger partial charge in [-0.15, -0.1) is 0 Å². The Labute approximate surface area is 99.6 Å². The molecule has 2 aromatic heterocycles. The predicted octanol–water partition coefficient (Wildman–Crippen LogP) is 1.85. The molecule has 1 N–H and O–H groups in total. The molecule has 0 aromatic carbocycles. The lowest BCUT2D eigenvalue weighted by Gasteiger charge is -2.28. The molecule has 2 aliphatic rings. The van der Waals surface area contributed by atoms with Crippen molar-refractivity contribution >= 4 is 16.7 Å². The van der Waals surface area contributed by atoms with Crippen LogP contribution in [0.2, 0.25) is 0 Å². The maximum atomic E-state index is 5.63. The molecular weight excluding hydrogens is 214 g/mol. The zero-order valence-electron chi connectivity index (χ0n) is 9.81. The molecule has 2 atom stereocenters. The largest absolute Gasteiger partial charge is 0.374 e. The van der Waals surface area contributed by atoms with Crippen LogP contribution in [0.15, 0.2) is 18.5 Å². The van der Waals surface area contributed by atoms with Crippen molar-refractivity contribution in [2.24, 2.45) is 0 Å². The van der Waals surface area contributed by atoms with E-state index in [0.29, 0.717) is 12.1 Å². The first kappa shape index (κ1) is 9.48. The number of ether oxygens (including phenoxy) is 1. The summed E-state index contributed by atoms with van der Waals surface area (Å²) in [7, 11) is 0. The second kappa shape index (κ2) is 3.23. The number of hydrogen-bond acceptors (Lipinski definition) is 3. The van der Waals surface area contributed by atoms with Crippen LogP contribution < -0.4 is 4.90 Å². The molecule has 0 saturated carbocycles. The van der Waals surface area contributed by atoms with Gasteiger partial charge < -0.3 is 14.6 Å². The van der Waals surface area contributed by atoms with E-state index in [0.717, 1.165) is 18.8 Å². The maximum Gasteiger partial charge on any atom is 0.137 e. The third kappa shape index (κ3) is 1.30. The number of aryl methyl sites for hydroxylation is 1. The number of fused-ring (bicyclic) bond motifs is 3. The Morgan fingerprint density at radius 1 is 1.53 bits per heavy atom. The van der Waals surface area contributed by atoms with Gasteiger partial charge in [-0.25, -0.2) is 4.98 Å². The van der Waals surface area contributed by atoms with Crippen molar-refractivity contribution in [3.8, 4) is 0 Å². The Bertz CT molecular complexity index is 577. The van der Waals surface area contributed by atoms with Crippen molar-refractivity contribution in [3.63, 3.8) is 0 Å². The molecule has 2 fully saturated rings. The minimum Gasteiger partial charge on any atom is -0.374 e. The fourth-order valence-electron chi connectivity index (χ4n) is 3.00. The monoisotopic (exact) mass is 229 g/mol. The minimum atomic E-state index is 0.433. The highest BCUT2D eigenvalue weighted by atomic mass is 16.5. The number of nitrogens with one attached hydrogen (secondary N) is 1. The zero-order chi connectivity index (χ0) is 11.4. The fourth-order valence-corrected chi connectivity index (χ4v) is 3.00. The van der Waals surface area contributed by atoms with Crippen LogP contribution in [0.1, 0.15) is 12.0 Å². The van der Waals surface area contributed by atoms with Crippen molar-refractivity contribution in [1.82, 2.24) is 9.97 Å². The van der Waals surface area contributed by atoms with E-state index < -0.39 is 0 Å². The van der Waals surface area contributed by atoms with E-state index in [1.54, 1.807) is 0 Å². The van der Waals surface area contributed by atoms with Crippen molar-refractivity contribution < 1.29 is 4.74 Å². The lowest BCUT2D eigenvalue weighted by atomic mass is 10.2. The van der Waals surface area contributed by atoms with Gasteiger partial charge in [0.25, 0.3) is 0 Å². The van der Waals surface area contributed by atoms with Crippen LogP contribution in [0.3, 0.4) is 0 Å². The Balaban J connectivity index is 1.78.